The van der Waals surface area contributed by atoms with Gasteiger partial charge in [0.05, 0.1) is 4.90 Å². The van der Waals surface area contributed by atoms with Gasteiger partial charge >= 0.3 is 0 Å². The van der Waals surface area contributed by atoms with E-state index in [2.05, 4.69) is 6.92 Å². The Morgan fingerprint density at radius 2 is 1.11 bits per heavy atom. The highest BCUT2D eigenvalue weighted by Gasteiger charge is 2.17. The molecule has 0 unspecified atom stereocenters. The van der Waals surface area contributed by atoms with Crippen molar-refractivity contribution >= 4 is 10.1 Å². The Hall–Kier alpha value is -1.01. The first-order valence-corrected chi connectivity index (χ1v) is 11.8. The Balaban J connectivity index is 2.12. The maximum Gasteiger partial charge on any atom is 0.294 e. The highest BCUT2D eigenvalue weighted by Crippen LogP contribution is 2.21. The van der Waals surface area contributed by atoms with Gasteiger partial charge in [0, 0.05) is 5.56 Å². The van der Waals surface area contributed by atoms with E-state index >= 15 is 0 Å². The molecule has 0 aliphatic heterocycles. The fraction of sp³-hybridized carbons (Fsp3) is 0.714. The van der Waals surface area contributed by atoms with E-state index in [0.29, 0.717) is 18.6 Å². The molecule has 0 saturated heterocycles. The predicted molar refractivity (Wildman–Crippen MR) is 106 cm³/mol. The fourth-order valence-corrected chi connectivity index (χ4v) is 3.79. The average Bonchev–Trinajstić information content (AvgIpc) is 2.60. The Morgan fingerprint density at radius 3 is 1.48 bits per heavy atom. The van der Waals surface area contributed by atoms with Gasteiger partial charge in [-0.2, -0.15) is 8.42 Å². The molecule has 0 spiro atoms. The minimum Gasteiger partial charge on any atom is -0.282 e. The summed E-state index contributed by atoms with van der Waals surface area (Å²) in [6.45, 7) is 2.23. The van der Waals surface area contributed by atoms with Crippen LogP contribution in [-0.2, 0) is 16.5 Å². The third-order valence-corrected chi connectivity index (χ3v) is 5.77. The summed E-state index contributed by atoms with van der Waals surface area (Å²) in [4.78, 5) is -0.744. The van der Waals surface area contributed by atoms with Crippen LogP contribution in [0.2, 0.25) is 0 Å². The van der Waals surface area contributed by atoms with Gasteiger partial charge in [-0.3, -0.25) is 4.55 Å². The van der Waals surface area contributed by atoms with Crippen molar-refractivity contribution in [3.63, 3.8) is 0 Å². The molecule has 1 aromatic carbocycles. The first-order valence-electron chi connectivity index (χ1n) is 10.3. The van der Waals surface area contributed by atoms with E-state index in [9.17, 15) is 17.2 Å². The van der Waals surface area contributed by atoms with Gasteiger partial charge in [-0.1, -0.05) is 84.0 Å². The van der Waals surface area contributed by atoms with Crippen LogP contribution in [0.3, 0.4) is 0 Å². The lowest BCUT2D eigenvalue weighted by Gasteiger charge is -2.07. The summed E-state index contributed by atoms with van der Waals surface area (Å²) in [6.07, 6.45) is 15.8. The van der Waals surface area contributed by atoms with E-state index in [-0.39, 0.29) is 12.0 Å². The van der Waals surface area contributed by atoms with E-state index in [4.69, 9.17) is 4.55 Å². The first kappa shape index (κ1) is 24.0. The van der Waals surface area contributed by atoms with E-state index in [1.54, 1.807) is 0 Å². The molecule has 156 valence electrons. The Morgan fingerprint density at radius 1 is 0.741 bits per heavy atom. The second-order valence-corrected chi connectivity index (χ2v) is 8.75. The molecule has 0 aliphatic rings. The van der Waals surface area contributed by atoms with Crippen LogP contribution in [0.4, 0.5) is 8.78 Å². The summed E-state index contributed by atoms with van der Waals surface area (Å²) in [6, 6.07) is 1.35. The molecule has 6 heteroatoms. The van der Waals surface area contributed by atoms with Gasteiger partial charge in [-0.15, -0.1) is 0 Å². The van der Waals surface area contributed by atoms with Crippen LogP contribution < -0.4 is 0 Å². The molecule has 0 fully saturated rings. The summed E-state index contributed by atoms with van der Waals surface area (Å²) >= 11 is 0. The number of hydrogen-bond acceptors (Lipinski definition) is 2. The predicted octanol–water partition coefficient (Wildman–Crippen LogP) is 6.85. The van der Waals surface area contributed by atoms with Crippen molar-refractivity contribution in [1.29, 1.82) is 0 Å². The smallest absolute Gasteiger partial charge is 0.282 e. The Bertz CT molecular complexity index is 622. The molecule has 0 saturated carbocycles. The van der Waals surface area contributed by atoms with Crippen molar-refractivity contribution in [1.82, 2.24) is 0 Å². The molecule has 0 atom stereocenters. The van der Waals surface area contributed by atoms with Gasteiger partial charge in [0.25, 0.3) is 10.1 Å². The molecule has 1 rings (SSSR count). The summed E-state index contributed by atoms with van der Waals surface area (Å²) in [5.41, 5.74) is -0.106. The Labute approximate surface area is 163 Å². The number of hydrogen-bond donors (Lipinski definition) is 1. The third-order valence-electron chi connectivity index (χ3n) is 4.94. The molecule has 0 bridgehead atoms. The molecule has 1 aromatic rings. The van der Waals surface area contributed by atoms with E-state index in [0.717, 1.165) is 19.3 Å². The SMILES string of the molecule is CCCCCCCCCCCCCCCc1c(F)cc(S(=O)(=O)O)cc1F. The molecule has 27 heavy (non-hydrogen) atoms. The number of unbranched alkanes of at least 4 members (excludes halogenated alkanes) is 12. The average molecular weight is 405 g/mol. The zero-order valence-corrected chi connectivity index (χ0v) is 17.3. The van der Waals surface area contributed by atoms with Crippen LogP contribution in [0.1, 0.15) is 96.0 Å². The maximum absolute atomic E-state index is 13.9. The molecular weight excluding hydrogens is 370 g/mol. The van der Waals surface area contributed by atoms with Gasteiger partial charge in [-0.05, 0) is 25.0 Å². The number of rotatable bonds is 15. The normalized spacial score (nSPS) is 11.9. The zero-order valence-electron chi connectivity index (χ0n) is 16.5. The summed E-state index contributed by atoms with van der Waals surface area (Å²) in [7, 11) is -4.59. The molecule has 0 heterocycles. The minimum absolute atomic E-state index is 0.106. The molecule has 0 radical (unpaired) electrons. The van der Waals surface area contributed by atoms with Gasteiger partial charge in [0.1, 0.15) is 11.6 Å². The van der Waals surface area contributed by atoms with Crippen molar-refractivity contribution in [3.8, 4) is 0 Å². The second kappa shape index (κ2) is 13.2. The zero-order chi connectivity index (χ0) is 20.1. The van der Waals surface area contributed by atoms with Crippen molar-refractivity contribution < 1.29 is 21.8 Å². The lowest BCUT2D eigenvalue weighted by molar-refractivity contribution is 0.477. The van der Waals surface area contributed by atoms with Crippen LogP contribution in [0.15, 0.2) is 17.0 Å². The van der Waals surface area contributed by atoms with Crippen LogP contribution in [0.5, 0.6) is 0 Å². The topological polar surface area (TPSA) is 54.4 Å². The van der Waals surface area contributed by atoms with Crippen molar-refractivity contribution in [3.05, 3.63) is 29.3 Å². The third kappa shape index (κ3) is 10.2. The molecule has 0 aromatic heterocycles. The summed E-state index contributed by atoms with van der Waals surface area (Å²) in [5, 5.41) is 0. The highest BCUT2D eigenvalue weighted by atomic mass is 32.2. The largest absolute Gasteiger partial charge is 0.294 e. The number of halogens is 2. The van der Waals surface area contributed by atoms with E-state index in [1.807, 2.05) is 0 Å². The van der Waals surface area contributed by atoms with E-state index in [1.165, 1.54) is 57.8 Å². The fourth-order valence-electron chi connectivity index (χ4n) is 3.29. The van der Waals surface area contributed by atoms with E-state index < -0.39 is 26.6 Å². The molecular formula is C21H34F2O3S. The van der Waals surface area contributed by atoms with Crippen molar-refractivity contribution in [2.24, 2.45) is 0 Å². The van der Waals surface area contributed by atoms with Gasteiger partial charge < -0.3 is 0 Å². The highest BCUT2D eigenvalue weighted by molar-refractivity contribution is 7.85. The number of benzene rings is 1. The first-order chi connectivity index (χ1) is 12.9. The monoisotopic (exact) mass is 404 g/mol. The van der Waals surface area contributed by atoms with Gasteiger partial charge in [0.15, 0.2) is 0 Å². The van der Waals surface area contributed by atoms with Crippen molar-refractivity contribution in [2.75, 3.05) is 0 Å². The second-order valence-electron chi connectivity index (χ2n) is 7.33. The maximum atomic E-state index is 13.9. The van der Waals surface area contributed by atoms with Crippen LogP contribution in [0, 0.1) is 11.6 Å². The lowest BCUT2D eigenvalue weighted by Crippen LogP contribution is -2.04. The van der Waals surface area contributed by atoms with Crippen LogP contribution in [0.25, 0.3) is 0 Å². The quantitative estimate of drug-likeness (QED) is 0.257. The Kier molecular flexibility index (Phi) is 11.8. The van der Waals surface area contributed by atoms with Gasteiger partial charge in [0.2, 0.25) is 0 Å². The van der Waals surface area contributed by atoms with Crippen LogP contribution >= 0.6 is 0 Å². The molecule has 3 nitrogen and oxygen atoms in total. The lowest BCUT2D eigenvalue weighted by atomic mass is 10.0. The molecule has 0 amide bonds. The standard InChI is InChI=1S/C21H34F2O3S/c1-2-3-4-5-6-7-8-9-10-11-12-13-14-15-19-20(22)16-18(17-21(19)23)27(24,25)26/h16-17H,2-15H2,1H3,(H,24,25,26). The van der Waals surface area contributed by atoms with Crippen LogP contribution in [-0.4, -0.2) is 13.0 Å². The summed E-state index contributed by atoms with van der Waals surface area (Å²) < 4.78 is 58.5. The molecule has 1 N–H and O–H groups in total. The van der Waals surface area contributed by atoms with Gasteiger partial charge in [-0.25, -0.2) is 8.78 Å². The van der Waals surface area contributed by atoms with Crippen molar-refractivity contribution in [2.45, 2.75) is 102 Å². The minimum atomic E-state index is -4.59. The summed E-state index contributed by atoms with van der Waals surface area (Å²) in [5.74, 6) is -1.83. The molecule has 0 aliphatic carbocycles.